The van der Waals surface area contributed by atoms with Crippen LogP contribution in [0.25, 0.3) is 0 Å². The maximum Gasteiger partial charge on any atom is 0.0285 e. The number of hydrogen-bond donors (Lipinski definition) is 0. The number of piperazine rings is 1. The second-order valence-electron chi connectivity index (χ2n) is 5.87. The summed E-state index contributed by atoms with van der Waals surface area (Å²) in [5.74, 6) is 0. The van der Waals surface area contributed by atoms with Gasteiger partial charge in [0.1, 0.15) is 0 Å². The first-order valence-corrected chi connectivity index (χ1v) is 5.20. The van der Waals surface area contributed by atoms with Crippen LogP contribution in [0.4, 0.5) is 0 Å². The predicted octanol–water partition coefficient (Wildman–Crippen LogP) is 1.81. The topological polar surface area (TPSA) is 6.48 Å². The second-order valence-corrected chi connectivity index (χ2v) is 5.87. The molecule has 0 radical (unpaired) electrons. The highest BCUT2D eigenvalue weighted by atomic mass is 15.3. The van der Waals surface area contributed by atoms with E-state index in [9.17, 15) is 0 Å². The molecule has 0 aromatic carbocycles. The van der Waals surface area contributed by atoms with E-state index in [2.05, 4.69) is 51.5 Å². The minimum Gasteiger partial charge on any atom is -0.303 e. The normalized spacial score (nSPS) is 26.3. The fraction of sp³-hybridized carbons (Fsp3) is 1.00. The fourth-order valence-electron chi connectivity index (χ4n) is 2.64. The van der Waals surface area contributed by atoms with Gasteiger partial charge in [0, 0.05) is 30.7 Å². The summed E-state index contributed by atoms with van der Waals surface area (Å²) in [7, 11) is 2.21. The third-order valence-electron chi connectivity index (χ3n) is 2.90. The van der Waals surface area contributed by atoms with Gasteiger partial charge in [0.15, 0.2) is 0 Å². The van der Waals surface area contributed by atoms with Gasteiger partial charge in [-0.15, -0.1) is 0 Å². The molecule has 0 bridgehead atoms. The lowest BCUT2D eigenvalue weighted by Gasteiger charge is -2.52. The summed E-state index contributed by atoms with van der Waals surface area (Å²) in [6.45, 7) is 15.2. The Hall–Kier alpha value is -0.0800. The van der Waals surface area contributed by atoms with Crippen LogP contribution in [0.5, 0.6) is 0 Å². The number of likely N-dealkylation sites (N-methyl/N-ethyl adjacent to an activating group) is 1. The van der Waals surface area contributed by atoms with Crippen LogP contribution in [0.1, 0.15) is 34.6 Å². The Kier molecular flexibility index (Phi) is 2.75. The van der Waals surface area contributed by atoms with E-state index in [4.69, 9.17) is 0 Å². The molecule has 1 rings (SSSR count). The highest BCUT2D eigenvalue weighted by molar-refractivity contribution is 4.95. The zero-order valence-corrected chi connectivity index (χ0v) is 10.0. The second kappa shape index (κ2) is 3.25. The SMILES string of the molecule is CN1CCN(C(C)(C)C)C(C)(C)C1. The van der Waals surface area contributed by atoms with Crippen molar-refractivity contribution in [1.29, 1.82) is 0 Å². The van der Waals surface area contributed by atoms with Gasteiger partial charge in [-0.1, -0.05) is 0 Å². The molecule has 0 saturated carbocycles. The summed E-state index contributed by atoms with van der Waals surface area (Å²) in [6, 6.07) is 0. The molecule has 1 heterocycles. The average molecular weight is 184 g/mol. The van der Waals surface area contributed by atoms with Crippen LogP contribution in [0.3, 0.4) is 0 Å². The molecule has 2 nitrogen and oxygen atoms in total. The smallest absolute Gasteiger partial charge is 0.0285 e. The Labute approximate surface area is 82.9 Å². The fourth-order valence-corrected chi connectivity index (χ4v) is 2.64. The van der Waals surface area contributed by atoms with E-state index in [-0.39, 0.29) is 0 Å². The maximum absolute atomic E-state index is 2.61. The Balaban J connectivity index is 2.76. The summed E-state index contributed by atoms with van der Waals surface area (Å²) in [5.41, 5.74) is 0.607. The van der Waals surface area contributed by atoms with Crippen molar-refractivity contribution in [1.82, 2.24) is 9.80 Å². The molecule has 0 aliphatic carbocycles. The lowest BCUT2D eigenvalue weighted by atomic mass is 9.92. The van der Waals surface area contributed by atoms with Gasteiger partial charge in [0.05, 0.1) is 0 Å². The molecule has 2 heteroatoms. The van der Waals surface area contributed by atoms with E-state index in [1.807, 2.05) is 0 Å². The van der Waals surface area contributed by atoms with E-state index >= 15 is 0 Å². The van der Waals surface area contributed by atoms with Crippen molar-refractivity contribution >= 4 is 0 Å². The van der Waals surface area contributed by atoms with Crippen LogP contribution in [0.15, 0.2) is 0 Å². The number of rotatable bonds is 0. The Morgan fingerprint density at radius 1 is 1.08 bits per heavy atom. The van der Waals surface area contributed by atoms with Gasteiger partial charge in [-0.25, -0.2) is 0 Å². The van der Waals surface area contributed by atoms with Crippen LogP contribution in [0, 0.1) is 0 Å². The third-order valence-corrected chi connectivity index (χ3v) is 2.90. The molecule has 1 saturated heterocycles. The van der Waals surface area contributed by atoms with Gasteiger partial charge in [-0.3, -0.25) is 4.90 Å². The van der Waals surface area contributed by atoms with Gasteiger partial charge in [-0.05, 0) is 41.7 Å². The molecule has 0 aromatic heterocycles. The molecule has 1 aliphatic heterocycles. The molecule has 13 heavy (non-hydrogen) atoms. The minimum atomic E-state index is 0.296. The van der Waals surface area contributed by atoms with Crippen molar-refractivity contribution in [2.75, 3.05) is 26.7 Å². The molecule has 0 N–H and O–H groups in total. The van der Waals surface area contributed by atoms with Gasteiger partial charge in [0.25, 0.3) is 0 Å². The molecule has 1 fully saturated rings. The Morgan fingerprint density at radius 3 is 2.00 bits per heavy atom. The molecule has 78 valence electrons. The van der Waals surface area contributed by atoms with Crippen LogP contribution < -0.4 is 0 Å². The molecule has 0 spiro atoms. The third kappa shape index (κ3) is 2.44. The summed E-state index contributed by atoms with van der Waals surface area (Å²) < 4.78 is 0. The summed E-state index contributed by atoms with van der Waals surface area (Å²) >= 11 is 0. The molecular formula is C11H24N2. The quantitative estimate of drug-likeness (QED) is 0.566. The summed E-state index contributed by atoms with van der Waals surface area (Å²) in [4.78, 5) is 5.03. The zero-order valence-electron chi connectivity index (χ0n) is 10.0. The highest BCUT2D eigenvalue weighted by Gasteiger charge is 2.38. The van der Waals surface area contributed by atoms with Gasteiger partial charge >= 0.3 is 0 Å². The van der Waals surface area contributed by atoms with Gasteiger partial charge in [0.2, 0.25) is 0 Å². The van der Waals surface area contributed by atoms with E-state index in [1.165, 1.54) is 19.6 Å². The lowest BCUT2D eigenvalue weighted by Crippen LogP contribution is -2.63. The first-order valence-electron chi connectivity index (χ1n) is 5.20. The van der Waals surface area contributed by atoms with Crippen molar-refractivity contribution in [2.24, 2.45) is 0 Å². The molecule has 0 atom stereocenters. The first kappa shape index (κ1) is 11.0. The lowest BCUT2D eigenvalue weighted by molar-refractivity contribution is -0.0307. The minimum absolute atomic E-state index is 0.296. The maximum atomic E-state index is 2.61. The highest BCUT2D eigenvalue weighted by Crippen LogP contribution is 2.27. The van der Waals surface area contributed by atoms with Crippen LogP contribution in [-0.2, 0) is 0 Å². The molecule has 1 aliphatic rings. The predicted molar refractivity (Wildman–Crippen MR) is 58.0 cm³/mol. The largest absolute Gasteiger partial charge is 0.303 e. The Morgan fingerprint density at radius 2 is 1.62 bits per heavy atom. The standard InChI is InChI=1S/C11H24N2/c1-10(2,3)13-8-7-12(6)9-11(13,4)5/h7-9H2,1-6H3. The van der Waals surface area contributed by atoms with E-state index in [1.54, 1.807) is 0 Å². The van der Waals surface area contributed by atoms with E-state index < -0.39 is 0 Å². The van der Waals surface area contributed by atoms with Crippen molar-refractivity contribution in [3.63, 3.8) is 0 Å². The monoisotopic (exact) mass is 184 g/mol. The van der Waals surface area contributed by atoms with E-state index in [0.717, 1.165) is 0 Å². The molecule has 0 aromatic rings. The van der Waals surface area contributed by atoms with Crippen LogP contribution in [-0.4, -0.2) is 47.6 Å². The van der Waals surface area contributed by atoms with E-state index in [0.29, 0.717) is 11.1 Å². The first-order chi connectivity index (χ1) is 5.73. The molecule has 0 unspecified atom stereocenters. The summed E-state index contributed by atoms with van der Waals surface area (Å²) in [5, 5.41) is 0. The van der Waals surface area contributed by atoms with Crippen molar-refractivity contribution in [3.05, 3.63) is 0 Å². The zero-order chi connectivity index (χ0) is 10.3. The van der Waals surface area contributed by atoms with Gasteiger partial charge in [-0.2, -0.15) is 0 Å². The van der Waals surface area contributed by atoms with Crippen molar-refractivity contribution in [3.8, 4) is 0 Å². The van der Waals surface area contributed by atoms with Crippen molar-refractivity contribution in [2.45, 2.75) is 45.7 Å². The molecular weight excluding hydrogens is 160 g/mol. The molecule has 0 amide bonds. The number of hydrogen-bond acceptors (Lipinski definition) is 2. The Bertz CT molecular complexity index is 179. The van der Waals surface area contributed by atoms with Crippen molar-refractivity contribution < 1.29 is 0 Å². The van der Waals surface area contributed by atoms with Crippen LogP contribution in [0.2, 0.25) is 0 Å². The van der Waals surface area contributed by atoms with Gasteiger partial charge < -0.3 is 4.90 Å². The number of nitrogens with zero attached hydrogens (tertiary/aromatic N) is 2. The summed E-state index contributed by atoms with van der Waals surface area (Å²) in [6.07, 6.45) is 0. The average Bonchev–Trinajstić information content (AvgIpc) is 1.79. The van der Waals surface area contributed by atoms with Crippen LogP contribution >= 0.6 is 0 Å².